The highest BCUT2D eigenvalue weighted by Crippen LogP contribution is 2.28. The zero-order valence-corrected chi connectivity index (χ0v) is 15.2. The maximum Gasteiger partial charge on any atom is 0.172 e. The zero-order valence-electron chi connectivity index (χ0n) is 14.4. The Morgan fingerprint density at radius 2 is 2.12 bits per heavy atom. The van der Waals surface area contributed by atoms with Crippen LogP contribution in [0.3, 0.4) is 0 Å². The van der Waals surface area contributed by atoms with Crippen molar-refractivity contribution in [3.8, 4) is 0 Å². The Labute approximate surface area is 149 Å². The molecule has 0 bridgehead atoms. The first-order valence-corrected chi connectivity index (χ1v) is 9.23. The lowest BCUT2D eigenvalue weighted by Gasteiger charge is -2.39. The molecular formula is C18H27N3O2S. The van der Waals surface area contributed by atoms with Crippen molar-refractivity contribution in [1.82, 2.24) is 15.2 Å². The van der Waals surface area contributed by atoms with Crippen molar-refractivity contribution in [2.75, 3.05) is 40.0 Å². The molecule has 1 saturated carbocycles. The van der Waals surface area contributed by atoms with Gasteiger partial charge in [0, 0.05) is 39.0 Å². The van der Waals surface area contributed by atoms with Crippen molar-refractivity contribution in [2.24, 2.45) is 0 Å². The Balaban J connectivity index is 1.84. The van der Waals surface area contributed by atoms with E-state index in [4.69, 9.17) is 21.7 Å². The number of thiocarbonyl (C=S) groups is 1. The van der Waals surface area contributed by atoms with Gasteiger partial charge in [-0.15, -0.1) is 0 Å². The molecule has 1 saturated heterocycles. The number of morpholine rings is 1. The van der Waals surface area contributed by atoms with Crippen LogP contribution in [-0.2, 0) is 15.1 Å². The molecule has 0 amide bonds. The number of methoxy groups -OCH3 is 1. The van der Waals surface area contributed by atoms with E-state index in [2.05, 4.69) is 15.2 Å². The third kappa shape index (κ3) is 3.94. The maximum absolute atomic E-state index is 6.05. The minimum Gasteiger partial charge on any atom is -0.379 e. The van der Waals surface area contributed by atoms with Crippen molar-refractivity contribution in [3.63, 3.8) is 0 Å². The van der Waals surface area contributed by atoms with E-state index in [9.17, 15) is 0 Å². The molecule has 6 heteroatoms. The van der Waals surface area contributed by atoms with Crippen LogP contribution >= 0.6 is 12.2 Å². The van der Waals surface area contributed by atoms with Crippen LogP contribution in [0.2, 0.25) is 0 Å². The molecule has 2 heterocycles. The molecule has 1 atom stereocenters. The quantitative estimate of drug-likeness (QED) is 0.794. The van der Waals surface area contributed by atoms with Crippen LogP contribution in [0, 0.1) is 0 Å². The lowest BCUT2D eigenvalue weighted by Crippen LogP contribution is -2.55. The molecule has 1 aliphatic carbocycles. The molecule has 0 aromatic carbocycles. The number of hydrogen-bond acceptors (Lipinski definition) is 5. The summed E-state index contributed by atoms with van der Waals surface area (Å²) < 4.78 is 11.5. The van der Waals surface area contributed by atoms with Crippen molar-refractivity contribution in [3.05, 3.63) is 30.1 Å². The Bertz CT molecular complexity index is 530. The molecule has 1 N–H and O–H groups in total. The first-order valence-electron chi connectivity index (χ1n) is 8.82. The van der Waals surface area contributed by atoms with Gasteiger partial charge in [0.25, 0.3) is 0 Å². The summed E-state index contributed by atoms with van der Waals surface area (Å²) in [6.07, 6.45) is 6.71. The van der Waals surface area contributed by atoms with E-state index in [1.807, 2.05) is 18.2 Å². The monoisotopic (exact) mass is 349 g/mol. The summed E-state index contributed by atoms with van der Waals surface area (Å²) in [5.41, 5.74) is 0.158. The smallest absolute Gasteiger partial charge is 0.172 e. The molecule has 1 aliphatic heterocycles. The molecule has 1 aromatic rings. The molecule has 2 fully saturated rings. The summed E-state index contributed by atoms with van der Waals surface area (Å²) in [4.78, 5) is 7.68. The Kier molecular flexibility index (Phi) is 6.16. The summed E-state index contributed by atoms with van der Waals surface area (Å²) in [5.74, 6) is 0. The first kappa shape index (κ1) is 17.7. The van der Waals surface area contributed by atoms with Crippen LogP contribution in [0.5, 0.6) is 0 Å². The van der Waals surface area contributed by atoms with Gasteiger partial charge in [-0.3, -0.25) is 9.88 Å². The van der Waals surface area contributed by atoms with Gasteiger partial charge in [-0.1, -0.05) is 31.1 Å². The highest BCUT2D eigenvalue weighted by molar-refractivity contribution is 7.80. The first-order chi connectivity index (χ1) is 11.7. The number of hydrogen-bond donors (Lipinski definition) is 1. The normalized spacial score (nSPS) is 22.2. The van der Waals surface area contributed by atoms with Crippen LogP contribution < -0.4 is 5.32 Å². The third-order valence-electron chi connectivity index (χ3n) is 5.03. The van der Waals surface area contributed by atoms with Gasteiger partial charge in [0.15, 0.2) is 5.60 Å². The summed E-state index contributed by atoms with van der Waals surface area (Å²) in [5, 5.41) is 3.57. The fourth-order valence-corrected chi connectivity index (χ4v) is 4.00. The SMILES string of the molecule is COC(CN1CCOCC1)(C(=S)NC1CCCC1)c1ccccn1. The van der Waals surface area contributed by atoms with E-state index in [-0.39, 0.29) is 0 Å². The van der Waals surface area contributed by atoms with Crippen LogP contribution in [0.15, 0.2) is 24.4 Å². The Morgan fingerprint density at radius 1 is 1.38 bits per heavy atom. The largest absolute Gasteiger partial charge is 0.379 e. The fourth-order valence-electron chi connectivity index (χ4n) is 3.58. The second-order valence-electron chi connectivity index (χ2n) is 6.59. The standard InChI is InChI=1S/C18H27N3O2S/c1-22-18(16-8-4-5-9-19-16,14-21-10-12-23-13-11-21)17(24)20-15-6-2-3-7-15/h4-5,8-9,15H,2-3,6-7,10-14H2,1H3,(H,20,24). The number of ether oxygens (including phenoxy) is 2. The van der Waals surface area contributed by atoms with Gasteiger partial charge in [0.1, 0.15) is 4.99 Å². The summed E-state index contributed by atoms with van der Waals surface area (Å²) >= 11 is 5.84. The van der Waals surface area contributed by atoms with Gasteiger partial charge in [0.2, 0.25) is 0 Å². The summed E-state index contributed by atoms with van der Waals surface area (Å²) in [7, 11) is 1.73. The molecule has 132 valence electrons. The predicted octanol–water partition coefficient (Wildman–Crippen LogP) is 2.12. The van der Waals surface area contributed by atoms with Crippen molar-refractivity contribution in [2.45, 2.75) is 37.3 Å². The lowest BCUT2D eigenvalue weighted by atomic mass is 9.96. The van der Waals surface area contributed by atoms with Crippen molar-refractivity contribution >= 4 is 17.2 Å². The lowest BCUT2D eigenvalue weighted by molar-refractivity contribution is -0.0257. The van der Waals surface area contributed by atoms with E-state index >= 15 is 0 Å². The van der Waals surface area contributed by atoms with Gasteiger partial charge >= 0.3 is 0 Å². The number of rotatable bonds is 6. The molecule has 2 aliphatic rings. The van der Waals surface area contributed by atoms with E-state index < -0.39 is 5.60 Å². The number of nitrogens with zero attached hydrogens (tertiary/aromatic N) is 2. The van der Waals surface area contributed by atoms with Crippen LogP contribution in [0.25, 0.3) is 0 Å². The van der Waals surface area contributed by atoms with Gasteiger partial charge in [-0.05, 0) is 25.0 Å². The maximum atomic E-state index is 6.05. The van der Waals surface area contributed by atoms with Gasteiger partial charge < -0.3 is 14.8 Å². The van der Waals surface area contributed by atoms with Crippen molar-refractivity contribution < 1.29 is 9.47 Å². The van der Waals surface area contributed by atoms with E-state index in [1.165, 1.54) is 25.7 Å². The number of pyridine rings is 1. The van der Waals surface area contributed by atoms with Gasteiger partial charge in [0.05, 0.1) is 18.9 Å². The third-order valence-corrected chi connectivity index (χ3v) is 5.48. The molecule has 1 aromatic heterocycles. The molecule has 0 radical (unpaired) electrons. The molecule has 24 heavy (non-hydrogen) atoms. The summed E-state index contributed by atoms with van der Waals surface area (Å²) in [6, 6.07) is 6.38. The Morgan fingerprint density at radius 3 is 2.75 bits per heavy atom. The second kappa shape index (κ2) is 8.34. The topological polar surface area (TPSA) is 46.6 Å². The van der Waals surface area contributed by atoms with Gasteiger partial charge in [-0.2, -0.15) is 0 Å². The number of nitrogens with one attached hydrogen (secondary N) is 1. The van der Waals surface area contributed by atoms with E-state index in [0.29, 0.717) is 12.6 Å². The minimum absolute atomic E-state index is 0.459. The highest BCUT2D eigenvalue weighted by Gasteiger charge is 2.41. The average molecular weight is 350 g/mol. The fraction of sp³-hybridized carbons (Fsp3) is 0.667. The Hall–Kier alpha value is -1.08. The van der Waals surface area contributed by atoms with Crippen LogP contribution in [0.1, 0.15) is 31.4 Å². The van der Waals surface area contributed by atoms with Crippen LogP contribution in [-0.4, -0.2) is 60.9 Å². The highest BCUT2D eigenvalue weighted by atomic mass is 32.1. The molecular weight excluding hydrogens is 322 g/mol. The zero-order chi connectivity index (χ0) is 16.8. The van der Waals surface area contributed by atoms with Crippen LogP contribution in [0.4, 0.5) is 0 Å². The van der Waals surface area contributed by atoms with E-state index in [0.717, 1.165) is 37.0 Å². The molecule has 5 nitrogen and oxygen atoms in total. The van der Waals surface area contributed by atoms with E-state index in [1.54, 1.807) is 13.3 Å². The molecule has 1 unspecified atom stereocenters. The minimum atomic E-state index is -0.712. The van der Waals surface area contributed by atoms with Gasteiger partial charge in [-0.25, -0.2) is 0 Å². The predicted molar refractivity (Wildman–Crippen MR) is 98.2 cm³/mol. The molecule has 0 spiro atoms. The average Bonchev–Trinajstić information content (AvgIpc) is 3.14. The molecule has 3 rings (SSSR count). The van der Waals surface area contributed by atoms with Crippen molar-refractivity contribution in [1.29, 1.82) is 0 Å². The number of aromatic nitrogens is 1. The second-order valence-corrected chi connectivity index (χ2v) is 7.00. The summed E-state index contributed by atoms with van der Waals surface area (Å²) in [6.45, 7) is 3.99.